The number of nitrogens with zero attached hydrogens (tertiary/aromatic N) is 3. The van der Waals surface area contributed by atoms with Crippen molar-refractivity contribution in [2.24, 2.45) is 5.92 Å². The van der Waals surface area contributed by atoms with Crippen LogP contribution in [-0.4, -0.2) is 33.4 Å². The van der Waals surface area contributed by atoms with E-state index in [1.54, 1.807) is 6.33 Å². The molecule has 1 amide bonds. The molecular weight excluding hydrogens is 268 g/mol. The highest BCUT2D eigenvalue weighted by Gasteiger charge is 2.30. The zero-order valence-electron chi connectivity index (χ0n) is 12.1. The molecule has 0 unspecified atom stereocenters. The van der Waals surface area contributed by atoms with Gasteiger partial charge in [0, 0.05) is 12.3 Å². The number of benzene rings is 1. The summed E-state index contributed by atoms with van der Waals surface area (Å²) in [6, 6.07) is 7.60. The van der Waals surface area contributed by atoms with E-state index >= 15 is 0 Å². The van der Waals surface area contributed by atoms with Gasteiger partial charge in [0.1, 0.15) is 18.3 Å². The smallest absolute Gasteiger partial charge is 0.253 e. The number of rotatable bonds is 3. The number of carbonyl (C=O) groups is 1. The number of hydrogen-bond acceptors (Lipinski definition) is 4. The first kappa shape index (κ1) is 13.8. The minimum atomic E-state index is -0.356. The van der Waals surface area contributed by atoms with E-state index in [9.17, 15) is 4.79 Å². The molecule has 0 bridgehead atoms. The summed E-state index contributed by atoms with van der Waals surface area (Å²) in [6.07, 6.45) is 2.22. The fourth-order valence-electron chi connectivity index (χ4n) is 2.52. The molecule has 3 rings (SSSR count). The molecule has 1 aliphatic heterocycles. The number of nitrogens with one attached hydrogen (secondary N) is 1. The third kappa shape index (κ3) is 2.80. The summed E-state index contributed by atoms with van der Waals surface area (Å²) in [7, 11) is 0. The molecule has 6 heteroatoms. The lowest BCUT2D eigenvalue weighted by atomic mass is 10.0. The SMILES string of the molecule is Cc1nncn1-c1cccc(NC(=O)[C@H]2OCC[C@H]2C)c1. The van der Waals surface area contributed by atoms with Crippen LogP contribution in [0.15, 0.2) is 30.6 Å². The monoisotopic (exact) mass is 286 g/mol. The maximum Gasteiger partial charge on any atom is 0.253 e. The molecule has 0 aliphatic carbocycles. The number of carbonyl (C=O) groups excluding carboxylic acids is 1. The van der Waals surface area contributed by atoms with Gasteiger partial charge in [-0.05, 0) is 37.5 Å². The van der Waals surface area contributed by atoms with Crippen molar-refractivity contribution in [2.45, 2.75) is 26.4 Å². The summed E-state index contributed by atoms with van der Waals surface area (Å²) in [6.45, 7) is 4.57. The van der Waals surface area contributed by atoms with Gasteiger partial charge in [0.05, 0.1) is 5.69 Å². The van der Waals surface area contributed by atoms with Gasteiger partial charge >= 0.3 is 0 Å². The van der Waals surface area contributed by atoms with Crippen LogP contribution in [0.3, 0.4) is 0 Å². The lowest BCUT2D eigenvalue weighted by Gasteiger charge is -2.15. The van der Waals surface area contributed by atoms with E-state index < -0.39 is 0 Å². The Kier molecular flexibility index (Phi) is 3.70. The number of hydrogen-bond donors (Lipinski definition) is 1. The Morgan fingerprint density at radius 2 is 2.33 bits per heavy atom. The first-order chi connectivity index (χ1) is 10.1. The van der Waals surface area contributed by atoms with Crippen molar-refractivity contribution in [1.82, 2.24) is 14.8 Å². The van der Waals surface area contributed by atoms with Crippen molar-refractivity contribution in [3.05, 3.63) is 36.4 Å². The molecule has 1 fully saturated rings. The van der Waals surface area contributed by atoms with Crippen molar-refractivity contribution < 1.29 is 9.53 Å². The molecule has 1 aliphatic rings. The second-order valence-electron chi connectivity index (χ2n) is 5.35. The fourth-order valence-corrected chi connectivity index (χ4v) is 2.52. The molecule has 1 N–H and O–H groups in total. The van der Waals surface area contributed by atoms with Gasteiger partial charge < -0.3 is 10.1 Å². The van der Waals surface area contributed by atoms with Crippen LogP contribution in [0.4, 0.5) is 5.69 Å². The van der Waals surface area contributed by atoms with E-state index in [1.807, 2.05) is 42.7 Å². The molecule has 2 heterocycles. The molecular formula is C15H18N4O2. The normalized spacial score (nSPS) is 21.4. The van der Waals surface area contributed by atoms with Gasteiger partial charge in [-0.25, -0.2) is 0 Å². The van der Waals surface area contributed by atoms with Gasteiger partial charge in [0.2, 0.25) is 0 Å². The number of aromatic nitrogens is 3. The summed E-state index contributed by atoms with van der Waals surface area (Å²) in [5, 5.41) is 10.7. The number of ether oxygens (including phenoxy) is 1. The molecule has 0 radical (unpaired) electrons. The van der Waals surface area contributed by atoms with Crippen LogP contribution in [0.25, 0.3) is 5.69 Å². The topological polar surface area (TPSA) is 69.0 Å². The Balaban J connectivity index is 1.77. The quantitative estimate of drug-likeness (QED) is 0.936. The summed E-state index contributed by atoms with van der Waals surface area (Å²) in [5.74, 6) is 0.970. The van der Waals surface area contributed by atoms with E-state index in [1.165, 1.54) is 0 Å². The summed E-state index contributed by atoms with van der Waals surface area (Å²) < 4.78 is 7.35. The van der Waals surface area contributed by atoms with Crippen LogP contribution >= 0.6 is 0 Å². The lowest BCUT2D eigenvalue weighted by Crippen LogP contribution is -2.31. The third-order valence-electron chi connectivity index (χ3n) is 3.76. The predicted octanol–water partition coefficient (Wildman–Crippen LogP) is 1.94. The highest BCUT2D eigenvalue weighted by Crippen LogP contribution is 2.22. The van der Waals surface area contributed by atoms with Gasteiger partial charge in [-0.1, -0.05) is 13.0 Å². The minimum Gasteiger partial charge on any atom is -0.368 e. The average molecular weight is 286 g/mol. The highest BCUT2D eigenvalue weighted by molar-refractivity contribution is 5.94. The maximum absolute atomic E-state index is 12.2. The molecule has 2 aromatic rings. The number of anilines is 1. The Labute approximate surface area is 123 Å². The van der Waals surface area contributed by atoms with Crippen molar-refractivity contribution in [3.8, 4) is 5.69 Å². The van der Waals surface area contributed by atoms with E-state index in [4.69, 9.17) is 4.74 Å². The molecule has 110 valence electrons. The van der Waals surface area contributed by atoms with Crippen LogP contribution < -0.4 is 5.32 Å². The summed E-state index contributed by atoms with van der Waals surface area (Å²) in [5.41, 5.74) is 1.66. The minimum absolute atomic E-state index is 0.0855. The van der Waals surface area contributed by atoms with Crippen molar-refractivity contribution in [1.29, 1.82) is 0 Å². The van der Waals surface area contributed by atoms with Crippen LogP contribution in [0.1, 0.15) is 19.2 Å². The predicted molar refractivity (Wildman–Crippen MR) is 78.2 cm³/mol. The van der Waals surface area contributed by atoms with Crippen molar-refractivity contribution in [3.63, 3.8) is 0 Å². The molecule has 21 heavy (non-hydrogen) atoms. The molecule has 1 aromatic carbocycles. The van der Waals surface area contributed by atoms with Crippen LogP contribution in [-0.2, 0) is 9.53 Å². The highest BCUT2D eigenvalue weighted by atomic mass is 16.5. The Morgan fingerprint density at radius 1 is 1.48 bits per heavy atom. The molecule has 1 aromatic heterocycles. The van der Waals surface area contributed by atoms with Crippen molar-refractivity contribution >= 4 is 11.6 Å². The first-order valence-electron chi connectivity index (χ1n) is 7.04. The van der Waals surface area contributed by atoms with E-state index in [0.29, 0.717) is 6.61 Å². The second kappa shape index (κ2) is 5.65. The third-order valence-corrected chi connectivity index (χ3v) is 3.76. The molecule has 6 nitrogen and oxygen atoms in total. The van der Waals surface area contributed by atoms with Crippen molar-refractivity contribution in [2.75, 3.05) is 11.9 Å². The zero-order valence-corrected chi connectivity index (χ0v) is 12.1. The van der Waals surface area contributed by atoms with Gasteiger partial charge in [-0.15, -0.1) is 10.2 Å². The van der Waals surface area contributed by atoms with Gasteiger partial charge in [-0.3, -0.25) is 9.36 Å². The zero-order chi connectivity index (χ0) is 14.8. The maximum atomic E-state index is 12.2. The fraction of sp³-hybridized carbons (Fsp3) is 0.400. The lowest BCUT2D eigenvalue weighted by molar-refractivity contribution is -0.126. The molecule has 2 atom stereocenters. The second-order valence-corrected chi connectivity index (χ2v) is 5.35. The van der Waals surface area contributed by atoms with E-state index in [2.05, 4.69) is 15.5 Å². The summed E-state index contributed by atoms with van der Waals surface area (Å²) >= 11 is 0. The van der Waals surface area contributed by atoms with Gasteiger partial charge in [-0.2, -0.15) is 0 Å². The van der Waals surface area contributed by atoms with Crippen LogP contribution in [0, 0.1) is 12.8 Å². The number of aryl methyl sites for hydroxylation is 1. The Bertz CT molecular complexity index is 653. The number of amides is 1. The van der Waals surface area contributed by atoms with Crippen LogP contribution in [0.5, 0.6) is 0 Å². The Hall–Kier alpha value is -2.21. The molecule has 0 saturated carbocycles. The molecule has 0 spiro atoms. The largest absolute Gasteiger partial charge is 0.368 e. The standard InChI is InChI=1S/C15H18N4O2/c1-10-6-7-21-14(10)15(20)17-12-4-3-5-13(8-12)19-9-16-18-11(19)2/h3-5,8-10,14H,6-7H2,1-2H3,(H,17,20)/t10-,14+/m1/s1. The van der Waals surface area contributed by atoms with Gasteiger partial charge in [0.15, 0.2) is 0 Å². The van der Waals surface area contributed by atoms with E-state index in [0.717, 1.165) is 23.6 Å². The average Bonchev–Trinajstić information content (AvgIpc) is 3.07. The summed E-state index contributed by atoms with van der Waals surface area (Å²) in [4.78, 5) is 12.2. The Morgan fingerprint density at radius 3 is 3.00 bits per heavy atom. The first-order valence-corrected chi connectivity index (χ1v) is 7.04. The van der Waals surface area contributed by atoms with Crippen LogP contribution in [0.2, 0.25) is 0 Å². The van der Waals surface area contributed by atoms with E-state index in [-0.39, 0.29) is 17.9 Å². The molecule has 1 saturated heterocycles. The van der Waals surface area contributed by atoms with Gasteiger partial charge in [0.25, 0.3) is 5.91 Å².